The summed E-state index contributed by atoms with van der Waals surface area (Å²) in [4.78, 5) is 17.6. The van der Waals surface area contributed by atoms with Crippen molar-refractivity contribution in [3.05, 3.63) is 29.8 Å². The lowest BCUT2D eigenvalue weighted by molar-refractivity contribution is -0.130. The minimum Gasteiger partial charge on any atom is -0.483 e. The Labute approximate surface area is 151 Å². The average Bonchev–Trinajstić information content (AvgIpc) is 2.52. The van der Waals surface area contributed by atoms with Crippen LogP contribution in [0.15, 0.2) is 24.3 Å². The van der Waals surface area contributed by atoms with Gasteiger partial charge < -0.3 is 19.6 Å². The van der Waals surface area contributed by atoms with Gasteiger partial charge in [-0.2, -0.15) is 0 Å². The van der Waals surface area contributed by atoms with Gasteiger partial charge in [0.1, 0.15) is 5.75 Å². The van der Waals surface area contributed by atoms with Gasteiger partial charge >= 0.3 is 0 Å². The lowest BCUT2D eigenvalue weighted by atomic mass is 9.92. The van der Waals surface area contributed by atoms with Crippen molar-refractivity contribution < 1.29 is 14.6 Å². The number of likely N-dealkylation sites (N-methyl/N-ethyl adjacent to an activating group) is 2. The van der Waals surface area contributed by atoms with E-state index in [-0.39, 0.29) is 12.5 Å². The number of ether oxygens (including phenoxy) is 1. The van der Waals surface area contributed by atoms with Crippen molar-refractivity contribution in [2.75, 3.05) is 54.4 Å². The van der Waals surface area contributed by atoms with Crippen molar-refractivity contribution >= 4 is 5.91 Å². The summed E-state index contributed by atoms with van der Waals surface area (Å²) in [5.74, 6) is 0.674. The molecule has 0 bridgehead atoms. The Morgan fingerprint density at radius 3 is 2.68 bits per heavy atom. The minimum absolute atomic E-state index is 0.0363. The molecule has 140 valence electrons. The van der Waals surface area contributed by atoms with E-state index in [2.05, 4.69) is 4.90 Å². The molecule has 25 heavy (non-hydrogen) atoms. The SMILES string of the molecule is CN(C)C[C@@]1(O)CCCN(Cc2ccccc2OCC(=O)N(C)C)C1. The molecule has 6 heteroatoms. The highest BCUT2D eigenvalue weighted by atomic mass is 16.5. The summed E-state index contributed by atoms with van der Waals surface area (Å²) < 4.78 is 5.73. The van der Waals surface area contributed by atoms with Gasteiger partial charge in [0.25, 0.3) is 5.91 Å². The van der Waals surface area contributed by atoms with E-state index in [1.807, 2.05) is 43.3 Å². The molecule has 0 spiro atoms. The molecule has 1 atom stereocenters. The second-order valence-electron chi connectivity index (χ2n) is 7.46. The van der Waals surface area contributed by atoms with E-state index in [9.17, 15) is 9.90 Å². The van der Waals surface area contributed by atoms with Gasteiger partial charge in [0.2, 0.25) is 0 Å². The van der Waals surface area contributed by atoms with Gasteiger partial charge in [-0.1, -0.05) is 18.2 Å². The predicted octanol–water partition coefficient (Wildman–Crippen LogP) is 1.04. The first kappa shape index (κ1) is 19.7. The summed E-state index contributed by atoms with van der Waals surface area (Å²) in [6.45, 7) is 3.02. The Kier molecular flexibility index (Phi) is 6.81. The lowest BCUT2D eigenvalue weighted by Crippen LogP contribution is -2.52. The van der Waals surface area contributed by atoms with E-state index in [4.69, 9.17) is 4.74 Å². The zero-order chi connectivity index (χ0) is 18.4. The van der Waals surface area contributed by atoms with Crippen molar-refractivity contribution in [1.29, 1.82) is 0 Å². The Morgan fingerprint density at radius 2 is 2.00 bits per heavy atom. The number of nitrogens with zero attached hydrogens (tertiary/aromatic N) is 3. The Hall–Kier alpha value is -1.63. The molecular formula is C19H31N3O3. The van der Waals surface area contributed by atoms with Crippen LogP contribution in [0.2, 0.25) is 0 Å². The molecule has 1 N–H and O–H groups in total. The van der Waals surface area contributed by atoms with Crippen LogP contribution in [0.4, 0.5) is 0 Å². The van der Waals surface area contributed by atoms with Crippen LogP contribution in [0.5, 0.6) is 5.75 Å². The molecule has 0 unspecified atom stereocenters. The summed E-state index contributed by atoms with van der Waals surface area (Å²) in [6.07, 6.45) is 1.81. The molecule has 0 saturated carbocycles. The van der Waals surface area contributed by atoms with Crippen molar-refractivity contribution in [3.63, 3.8) is 0 Å². The van der Waals surface area contributed by atoms with Gasteiger partial charge in [0.15, 0.2) is 6.61 Å². The Morgan fingerprint density at radius 1 is 1.28 bits per heavy atom. The molecule has 1 fully saturated rings. The van der Waals surface area contributed by atoms with Crippen LogP contribution in [0.1, 0.15) is 18.4 Å². The molecule has 1 aliphatic heterocycles. The van der Waals surface area contributed by atoms with Gasteiger partial charge in [-0.05, 0) is 39.5 Å². The Bertz CT molecular complexity index is 577. The molecule has 0 radical (unpaired) electrons. The van der Waals surface area contributed by atoms with E-state index in [0.717, 1.165) is 30.7 Å². The molecule has 1 saturated heterocycles. The number of β-amino-alcohol motifs (C(OH)–C–C–N with tert-alkyl or cyclic N) is 1. The fraction of sp³-hybridized carbons (Fsp3) is 0.632. The molecule has 1 aliphatic rings. The largest absolute Gasteiger partial charge is 0.483 e. The number of benzene rings is 1. The smallest absolute Gasteiger partial charge is 0.259 e. The van der Waals surface area contributed by atoms with E-state index in [1.165, 1.54) is 4.90 Å². The van der Waals surface area contributed by atoms with Crippen molar-refractivity contribution in [2.45, 2.75) is 25.0 Å². The standard InChI is InChI=1S/C19H31N3O3/c1-20(2)14-19(24)10-7-11-22(15-19)12-16-8-5-6-9-17(16)25-13-18(23)21(3)4/h5-6,8-9,24H,7,10-15H2,1-4H3/t19-/m0/s1. The number of likely N-dealkylation sites (tertiary alicyclic amines) is 1. The van der Waals surface area contributed by atoms with E-state index in [1.54, 1.807) is 14.1 Å². The van der Waals surface area contributed by atoms with Crippen LogP contribution in [-0.2, 0) is 11.3 Å². The third kappa shape index (κ3) is 5.99. The molecule has 1 aromatic rings. The first-order chi connectivity index (χ1) is 11.8. The normalized spacial score (nSPS) is 21.4. The van der Waals surface area contributed by atoms with Crippen LogP contribution < -0.4 is 4.74 Å². The first-order valence-electron chi connectivity index (χ1n) is 8.79. The van der Waals surface area contributed by atoms with Crippen LogP contribution in [-0.4, -0.2) is 85.7 Å². The van der Waals surface area contributed by atoms with Gasteiger partial charge in [0.05, 0.1) is 5.60 Å². The van der Waals surface area contributed by atoms with E-state index < -0.39 is 5.60 Å². The molecule has 2 rings (SSSR count). The molecule has 0 aliphatic carbocycles. The number of carbonyl (C=O) groups excluding carboxylic acids is 1. The van der Waals surface area contributed by atoms with Crippen LogP contribution >= 0.6 is 0 Å². The van der Waals surface area contributed by atoms with Crippen LogP contribution in [0.25, 0.3) is 0 Å². The van der Waals surface area contributed by atoms with E-state index >= 15 is 0 Å². The monoisotopic (exact) mass is 349 g/mol. The molecule has 6 nitrogen and oxygen atoms in total. The summed E-state index contributed by atoms with van der Waals surface area (Å²) in [5.41, 5.74) is 0.376. The topological polar surface area (TPSA) is 56.2 Å². The number of hydrogen-bond donors (Lipinski definition) is 1. The summed E-state index contributed by atoms with van der Waals surface area (Å²) in [5, 5.41) is 10.8. The number of rotatable bonds is 7. The first-order valence-corrected chi connectivity index (χ1v) is 8.79. The van der Waals surface area contributed by atoms with Crippen LogP contribution in [0, 0.1) is 0 Å². The number of amides is 1. The van der Waals surface area contributed by atoms with Crippen molar-refractivity contribution in [3.8, 4) is 5.75 Å². The molecule has 1 amide bonds. The highest BCUT2D eigenvalue weighted by Crippen LogP contribution is 2.26. The van der Waals surface area contributed by atoms with Crippen molar-refractivity contribution in [1.82, 2.24) is 14.7 Å². The number of hydrogen-bond acceptors (Lipinski definition) is 5. The summed E-state index contributed by atoms with van der Waals surface area (Å²) in [6, 6.07) is 7.81. The number of aliphatic hydroxyl groups is 1. The van der Waals surface area contributed by atoms with Gasteiger partial charge in [-0.3, -0.25) is 9.69 Å². The lowest BCUT2D eigenvalue weighted by Gasteiger charge is -2.40. The maximum absolute atomic E-state index is 11.8. The molecule has 1 aromatic carbocycles. The van der Waals surface area contributed by atoms with Gasteiger partial charge in [-0.25, -0.2) is 0 Å². The minimum atomic E-state index is -0.668. The number of para-hydroxylation sites is 1. The fourth-order valence-corrected chi connectivity index (χ4v) is 3.34. The highest BCUT2D eigenvalue weighted by Gasteiger charge is 2.33. The molecule has 0 aromatic heterocycles. The maximum atomic E-state index is 11.8. The average molecular weight is 349 g/mol. The number of carbonyl (C=O) groups is 1. The van der Waals surface area contributed by atoms with Crippen LogP contribution in [0.3, 0.4) is 0 Å². The zero-order valence-corrected chi connectivity index (χ0v) is 15.9. The Balaban J connectivity index is 2.01. The maximum Gasteiger partial charge on any atom is 0.259 e. The predicted molar refractivity (Wildman–Crippen MR) is 98.6 cm³/mol. The third-order valence-electron chi connectivity index (χ3n) is 4.46. The second-order valence-corrected chi connectivity index (χ2v) is 7.46. The van der Waals surface area contributed by atoms with E-state index in [0.29, 0.717) is 19.6 Å². The second kappa shape index (κ2) is 8.65. The van der Waals surface area contributed by atoms with Gasteiger partial charge in [-0.15, -0.1) is 0 Å². The summed E-state index contributed by atoms with van der Waals surface area (Å²) in [7, 11) is 7.41. The third-order valence-corrected chi connectivity index (χ3v) is 4.46. The molecule has 1 heterocycles. The number of piperidine rings is 1. The summed E-state index contributed by atoms with van der Waals surface area (Å²) >= 11 is 0. The van der Waals surface area contributed by atoms with Gasteiger partial charge in [0, 0.05) is 39.3 Å². The zero-order valence-electron chi connectivity index (χ0n) is 15.9. The molecular weight excluding hydrogens is 318 g/mol. The van der Waals surface area contributed by atoms with Crippen molar-refractivity contribution in [2.24, 2.45) is 0 Å². The fourth-order valence-electron chi connectivity index (χ4n) is 3.34. The quantitative estimate of drug-likeness (QED) is 0.797. The highest BCUT2D eigenvalue weighted by molar-refractivity contribution is 5.77.